The van der Waals surface area contributed by atoms with Crippen molar-refractivity contribution in [1.82, 2.24) is 5.32 Å². The fourth-order valence-corrected chi connectivity index (χ4v) is 2.46. The van der Waals surface area contributed by atoms with Gasteiger partial charge in [0.05, 0.1) is 16.1 Å². The second-order valence-corrected chi connectivity index (χ2v) is 5.03. The highest BCUT2D eigenvalue weighted by atomic mass is 16.6. The Morgan fingerprint density at radius 2 is 1.65 bits per heavy atom. The first-order valence-corrected chi connectivity index (χ1v) is 6.72. The lowest BCUT2D eigenvalue weighted by Crippen LogP contribution is -2.19. The number of nitrogens with one attached hydrogen (secondary N) is 1. The van der Waals surface area contributed by atoms with Crippen LogP contribution in [0.3, 0.4) is 0 Å². The maximum Gasteiger partial charge on any atom is 0.273 e. The van der Waals surface area contributed by atoms with Crippen LogP contribution in [0, 0.1) is 10.1 Å². The van der Waals surface area contributed by atoms with Gasteiger partial charge in [-0.1, -0.05) is 30.3 Å². The van der Waals surface area contributed by atoms with Crippen LogP contribution in [0.15, 0.2) is 42.5 Å². The summed E-state index contributed by atoms with van der Waals surface area (Å²) >= 11 is 0. The third-order valence-electron chi connectivity index (χ3n) is 3.58. The third-order valence-corrected chi connectivity index (χ3v) is 3.58. The van der Waals surface area contributed by atoms with Crippen LogP contribution in [-0.2, 0) is 6.42 Å². The predicted octanol–water partition coefficient (Wildman–Crippen LogP) is 1.90. The number of fused-ring (bicyclic) bond motifs is 1. The Morgan fingerprint density at radius 3 is 2.26 bits per heavy atom. The zero-order chi connectivity index (χ0) is 16.6. The number of nitro benzene ring substituents is 1. The molecule has 0 bridgehead atoms. The highest BCUT2D eigenvalue weighted by Crippen LogP contribution is 2.27. The number of rotatable bonds is 4. The lowest BCUT2D eigenvalue weighted by molar-refractivity contribution is -0.385. The molecular formula is C16H10N2O5. The Balaban J connectivity index is 2.03. The number of nitro groups is 1. The van der Waals surface area contributed by atoms with E-state index in [4.69, 9.17) is 0 Å². The average molecular weight is 310 g/mol. The molecule has 0 atom stereocenters. The normalized spacial score (nSPS) is 12.7. The minimum atomic E-state index is -0.672. The van der Waals surface area contributed by atoms with Gasteiger partial charge in [-0.2, -0.15) is 0 Å². The summed E-state index contributed by atoms with van der Waals surface area (Å²) in [6.07, 6.45) is -0.227. The lowest BCUT2D eigenvalue weighted by atomic mass is 9.97. The first-order valence-electron chi connectivity index (χ1n) is 6.72. The number of carbonyl (C=O) groups is 3. The van der Waals surface area contributed by atoms with E-state index in [1.54, 1.807) is 30.3 Å². The maximum absolute atomic E-state index is 12.2. The monoisotopic (exact) mass is 310 g/mol. The molecule has 0 saturated heterocycles. The molecule has 3 rings (SSSR count). The van der Waals surface area contributed by atoms with Gasteiger partial charge in [0.25, 0.3) is 17.5 Å². The Labute approximate surface area is 130 Å². The fourth-order valence-electron chi connectivity index (χ4n) is 2.46. The molecule has 7 nitrogen and oxygen atoms in total. The molecule has 1 aliphatic heterocycles. The lowest BCUT2D eigenvalue weighted by Gasteiger charge is -2.05. The molecule has 2 aromatic carbocycles. The molecule has 0 unspecified atom stereocenters. The van der Waals surface area contributed by atoms with E-state index < -0.39 is 16.7 Å². The summed E-state index contributed by atoms with van der Waals surface area (Å²) in [5.74, 6) is -1.60. The molecule has 2 aromatic rings. The van der Waals surface area contributed by atoms with Crippen molar-refractivity contribution in [3.8, 4) is 0 Å². The Kier molecular flexibility index (Phi) is 3.46. The van der Waals surface area contributed by atoms with Crippen molar-refractivity contribution < 1.29 is 19.3 Å². The number of ketones is 1. The smallest absolute Gasteiger partial charge is 0.273 e. The summed E-state index contributed by atoms with van der Waals surface area (Å²) in [7, 11) is 0. The van der Waals surface area contributed by atoms with Crippen LogP contribution in [0.25, 0.3) is 0 Å². The molecule has 0 saturated carbocycles. The molecule has 0 fully saturated rings. The van der Waals surface area contributed by atoms with E-state index >= 15 is 0 Å². The zero-order valence-corrected chi connectivity index (χ0v) is 11.7. The van der Waals surface area contributed by atoms with E-state index in [-0.39, 0.29) is 34.6 Å². The second-order valence-electron chi connectivity index (χ2n) is 5.03. The van der Waals surface area contributed by atoms with Crippen molar-refractivity contribution in [2.75, 3.05) is 0 Å². The number of benzene rings is 2. The van der Waals surface area contributed by atoms with Gasteiger partial charge < -0.3 is 0 Å². The first kappa shape index (κ1) is 14.6. The molecule has 7 heteroatoms. The number of Topliss-reactive ketones (excluding diaryl/α,β-unsaturated/α-hetero) is 1. The fraction of sp³-hybridized carbons (Fsp3) is 0.0625. The number of imide groups is 1. The molecule has 0 aromatic heterocycles. The third kappa shape index (κ3) is 2.59. The highest BCUT2D eigenvalue weighted by Gasteiger charge is 2.31. The summed E-state index contributed by atoms with van der Waals surface area (Å²) in [5, 5.41) is 13.3. The van der Waals surface area contributed by atoms with E-state index in [1.807, 2.05) is 0 Å². The molecule has 0 aliphatic carbocycles. The number of nitrogens with zero attached hydrogens (tertiary/aromatic N) is 1. The van der Waals surface area contributed by atoms with Crippen LogP contribution in [0.1, 0.15) is 36.6 Å². The number of hydrogen-bond donors (Lipinski definition) is 1. The summed E-state index contributed by atoms with van der Waals surface area (Å²) in [4.78, 5) is 46.1. The standard InChI is InChI=1S/C16H10N2O5/c19-14(9-4-2-1-3-5-9)7-10-6-11-12(8-13(10)18(22)23)16(21)17-15(11)20/h1-6,8H,7H2,(H,17,20,21). The maximum atomic E-state index is 12.2. The van der Waals surface area contributed by atoms with Crippen LogP contribution < -0.4 is 5.32 Å². The number of hydrogen-bond acceptors (Lipinski definition) is 5. The molecule has 114 valence electrons. The van der Waals surface area contributed by atoms with Crippen molar-refractivity contribution in [3.05, 3.63) is 74.8 Å². The minimum absolute atomic E-state index is 0.0439. The van der Waals surface area contributed by atoms with Gasteiger partial charge in [-0.05, 0) is 6.07 Å². The van der Waals surface area contributed by atoms with Crippen molar-refractivity contribution in [2.45, 2.75) is 6.42 Å². The van der Waals surface area contributed by atoms with Crippen LogP contribution in [0.4, 0.5) is 5.69 Å². The second kappa shape index (κ2) is 5.45. The molecule has 0 radical (unpaired) electrons. The Hall–Kier alpha value is -3.35. The van der Waals surface area contributed by atoms with Crippen molar-refractivity contribution in [2.24, 2.45) is 0 Å². The molecule has 1 N–H and O–H groups in total. The minimum Gasteiger partial charge on any atom is -0.294 e. The van der Waals surface area contributed by atoms with Gasteiger partial charge in [-0.25, -0.2) is 0 Å². The molecule has 1 heterocycles. The quantitative estimate of drug-likeness (QED) is 0.402. The summed E-state index contributed by atoms with van der Waals surface area (Å²) < 4.78 is 0. The van der Waals surface area contributed by atoms with E-state index in [2.05, 4.69) is 5.32 Å². The average Bonchev–Trinajstić information content (AvgIpc) is 2.81. The summed E-state index contributed by atoms with van der Waals surface area (Å²) in [5.41, 5.74) is 0.183. The van der Waals surface area contributed by atoms with Gasteiger partial charge in [0, 0.05) is 23.6 Å². The van der Waals surface area contributed by atoms with Crippen LogP contribution in [-0.4, -0.2) is 22.5 Å². The van der Waals surface area contributed by atoms with Gasteiger partial charge in [-0.3, -0.25) is 29.8 Å². The molecule has 2 amide bonds. The van der Waals surface area contributed by atoms with Crippen LogP contribution in [0.2, 0.25) is 0 Å². The first-order chi connectivity index (χ1) is 11.0. The van der Waals surface area contributed by atoms with Crippen molar-refractivity contribution >= 4 is 23.3 Å². The van der Waals surface area contributed by atoms with Crippen LogP contribution >= 0.6 is 0 Å². The van der Waals surface area contributed by atoms with Crippen molar-refractivity contribution in [3.63, 3.8) is 0 Å². The van der Waals surface area contributed by atoms with Gasteiger partial charge >= 0.3 is 0 Å². The topological polar surface area (TPSA) is 106 Å². The summed E-state index contributed by atoms with van der Waals surface area (Å²) in [6, 6.07) is 10.6. The SMILES string of the molecule is O=C(Cc1cc2c(cc1[N+](=O)[O-])C(=O)NC2=O)c1ccccc1. The zero-order valence-electron chi connectivity index (χ0n) is 11.7. The van der Waals surface area contributed by atoms with E-state index in [0.717, 1.165) is 6.07 Å². The largest absolute Gasteiger partial charge is 0.294 e. The molecule has 23 heavy (non-hydrogen) atoms. The van der Waals surface area contributed by atoms with E-state index in [0.29, 0.717) is 5.56 Å². The Bertz CT molecular complexity index is 858. The van der Waals surface area contributed by atoms with Crippen molar-refractivity contribution in [1.29, 1.82) is 0 Å². The number of amides is 2. The molecule has 0 spiro atoms. The van der Waals surface area contributed by atoms with Gasteiger partial charge in [-0.15, -0.1) is 0 Å². The number of carbonyl (C=O) groups excluding carboxylic acids is 3. The van der Waals surface area contributed by atoms with Crippen LogP contribution in [0.5, 0.6) is 0 Å². The van der Waals surface area contributed by atoms with Gasteiger partial charge in [0.1, 0.15) is 0 Å². The van der Waals surface area contributed by atoms with E-state index in [1.165, 1.54) is 6.07 Å². The molecular weight excluding hydrogens is 300 g/mol. The van der Waals surface area contributed by atoms with Gasteiger partial charge in [0.2, 0.25) is 0 Å². The molecule has 1 aliphatic rings. The summed E-state index contributed by atoms with van der Waals surface area (Å²) in [6.45, 7) is 0. The Morgan fingerprint density at radius 1 is 1.04 bits per heavy atom. The van der Waals surface area contributed by atoms with E-state index in [9.17, 15) is 24.5 Å². The highest BCUT2D eigenvalue weighted by molar-refractivity contribution is 6.22. The van der Waals surface area contributed by atoms with Gasteiger partial charge in [0.15, 0.2) is 5.78 Å². The predicted molar refractivity (Wildman–Crippen MR) is 79.4 cm³/mol.